The summed E-state index contributed by atoms with van der Waals surface area (Å²) in [5, 5.41) is 31.6. The molecule has 5 atom stereocenters. The quantitative estimate of drug-likeness (QED) is 0.574. The molecule has 0 aromatic rings. The number of hydrogen-bond donors (Lipinski definition) is 4. The van der Waals surface area contributed by atoms with Crippen LogP contribution >= 0.6 is 0 Å². The summed E-state index contributed by atoms with van der Waals surface area (Å²) in [4.78, 5) is 10.5. The van der Waals surface area contributed by atoms with Gasteiger partial charge in [0.05, 0.1) is 18.6 Å². The second kappa shape index (κ2) is 7.79. The third-order valence-electron chi connectivity index (χ3n) is 4.87. The van der Waals surface area contributed by atoms with Gasteiger partial charge in [0.25, 0.3) is 0 Å². The molecular formula is C17H27NO4. The number of carbonyl (C=O) groups is 1. The van der Waals surface area contributed by atoms with Crippen LogP contribution in [0.2, 0.25) is 0 Å². The molecule has 22 heavy (non-hydrogen) atoms. The minimum Gasteiger partial charge on any atom is -0.481 e. The average Bonchev–Trinajstić information content (AvgIpc) is 2.45. The zero-order valence-corrected chi connectivity index (χ0v) is 13.1. The van der Waals surface area contributed by atoms with Crippen LogP contribution < -0.4 is 5.32 Å². The Bertz CT molecular complexity index is 446. The van der Waals surface area contributed by atoms with Crippen LogP contribution in [0.4, 0.5) is 0 Å². The van der Waals surface area contributed by atoms with Gasteiger partial charge in [-0.1, -0.05) is 19.1 Å². The number of allylic oxidation sites excluding steroid dienone is 3. The summed E-state index contributed by atoms with van der Waals surface area (Å²) in [6.07, 6.45) is 7.37. The van der Waals surface area contributed by atoms with E-state index in [1.807, 2.05) is 0 Å². The van der Waals surface area contributed by atoms with Crippen molar-refractivity contribution in [2.75, 3.05) is 6.54 Å². The highest BCUT2D eigenvalue weighted by atomic mass is 16.4. The van der Waals surface area contributed by atoms with E-state index in [2.05, 4.69) is 30.6 Å². The highest BCUT2D eigenvalue weighted by Gasteiger charge is 2.32. The van der Waals surface area contributed by atoms with Crippen molar-refractivity contribution in [3.63, 3.8) is 0 Å². The summed E-state index contributed by atoms with van der Waals surface area (Å²) in [5.41, 5.74) is 1.34. The van der Waals surface area contributed by atoms with Gasteiger partial charge in [-0.3, -0.25) is 4.79 Å². The lowest BCUT2D eigenvalue weighted by molar-refractivity contribution is -0.139. The van der Waals surface area contributed by atoms with Crippen molar-refractivity contribution in [2.45, 2.75) is 51.2 Å². The lowest BCUT2D eigenvalue weighted by atomic mass is 9.69. The summed E-state index contributed by atoms with van der Waals surface area (Å²) in [7, 11) is 0. The number of nitrogens with one attached hydrogen (secondary N) is 1. The Balaban J connectivity index is 1.84. The number of carboxylic acid groups (broad SMARTS) is 1. The number of aliphatic carboxylic acids is 1. The van der Waals surface area contributed by atoms with Crippen molar-refractivity contribution in [3.05, 3.63) is 23.9 Å². The molecule has 0 aromatic heterocycles. The van der Waals surface area contributed by atoms with E-state index in [0.717, 1.165) is 19.4 Å². The number of hydrogen-bond acceptors (Lipinski definition) is 4. The fourth-order valence-corrected chi connectivity index (χ4v) is 3.67. The fraction of sp³-hybridized carbons (Fsp3) is 0.706. The number of rotatable bonds is 7. The van der Waals surface area contributed by atoms with Gasteiger partial charge in [0, 0.05) is 6.54 Å². The Labute approximate surface area is 131 Å². The Morgan fingerprint density at radius 3 is 2.91 bits per heavy atom. The number of carboxylic acids is 1. The largest absolute Gasteiger partial charge is 0.481 e. The lowest BCUT2D eigenvalue weighted by Crippen LogP contribution is -2.33. The maximum atomic E-state index is 10.5. The Kier molecular flexibility index (Phi) is 6.03. The first-order chi connectivity index (χ1) is 10.5. The van der Waals surface area contributed by atoms with E-state index in [-0.39, 0.29) is 12.8 Å². The van der Waals surface area contributed by atoms with Crippen molar-refractivity contribution in [3.8, 4) is 0 Å². The zero-order valence-electron chi connectivity index (χ0n) is 13.1. The standard InChI is InChI=1S/C17H27NO4/c1-11-2-3-12-10-18-7-6-16(12)15(11)5-4-13(19)8-14(20)9-17(21)22/h2-3,10-11,13-16,18-20H,4-9H2,1H3,(H,21,22)/t11-,13+,14?,15-,16?/m0/s1. The molecule has 0 spiro atoms. The summed E-state index contributed by atoms with van der Waals surface area (Å²) >= 11 is 0. The van der Waals surface area contributed by atoms with Crippen LogP contribution in [-0.2, 0) is 4.79 Å². The van der Waals surface area contributed by atoms with E-state index in [9.17, 15) is 15.0 Å². The molecule has 0 saturated carbocycles. The molecule has 0 aromatic carbocycles. The van der Waals surface area contributed by atoms with Gasteiger partial charge < -0.3 is 20.6 Å². The van der Waals surface area contributed by atoms with Crippen LogP contribution in [-0.4, -0.2) is 40.0 Å². The van der Waals surface area contributed by atoms with Crippen LogP contribution in [0, 0.1) is 17.8 Å². The van der Waals surface area contributed by atoms with E-state index < -0.39 is 18.2 Å². The molecule has 0 fully saturated rings. The van der Waals surface area contributed by atoms with Crippen LogP contribution in [0.3, 0.4) is 0 Å². The van der Waals surface area contributed by atoms with Crippen molar-refractivity contribution in [1.29, 1.82) is 0 Å². The Morgan fingerprint density at radius 1 is 1.41 bits per heavy atom. The van der Waals surface area contributed by atoms with Crippen LogP contribution in [0.25, 0.3) is 0 Å². The smallest absolute Gasteiger partial charge is 0.305 e. The first-order valence-electron chi connectivity index (χ1n) is 8.17. The zero-order chi connectivity index (χ0) is 16.1. The highest BCUT2D eigenvalue weighted by molar-refractivity contribution is 5.67. The molecule has 124 valence electrons. The lowest BCUT2D eigenvalue weighted by Gasteiger charge is -2.37. The molecule has 0 radical (unpaired) electrons. The van der Waals surface area contributed by atoms with Gasteiger partial charge in [-0.15, -0.1) is 0 Å². The van der Waals surface area contributed by atoms with E-state index in [1.165, 1.54) is 5.57 Å². The fourth-order valence-electron chi connectivity index (χ4n) is 3.67. The molecule has 1 aliphatic carbocycles. The third kappa shape index (κ3) is 4.58. The Hall–Kier alpha value is -1.33. The average molecular weight is 309 g/mol. The number of aliphatic hydroxyl groups is 2. The number of fused-ring (bicyclic) bond motifs is 1. The molecule has 1 aliphatic heterocycles. The maximum Gasteiger partial charge on any atom is 0.305 e. The van der Waals surface area contributed by atoms with Gasteiger partial charge in [-0.2, -0.15) is 0 Å². The molecule has 0 amide bonds. The molecule has 2 unspecified atom stereocenters. The van der Waals surface area contributed by atoms with E-state index in [1.54, 1.807) is 0 Å². The summed E-state index contributed by atoms with van der Waals surface area (Å²) in [6, 6.07) is 0. The second-order valence-electron chi connectivity index (χ2n) is 6.59. The first kappa shape index (κ1) is 17.0. The van der Waals surface area contributed by atoms with Crippen molar-refractivity contribution in [2.24, 2.45) is 17.8 Å². The van der Waals surface area contributed by atoms with Crippen LogP contribution in [0.1, 0.15) is 39.0 Å². The topological polar surface area (TPSA) is 89.8 Å². The predicted molar refractivity (Wildman–Crippen MR) is 84.1 cm³/mol. The SMILES string of the molecule is C[C@H]1C=CC2=CNCCC2[C@H]1CC[C@@H](O)CC(O)CC(=O)O. The van der Waals surface area contributed by atoms with Gasteiger partial charge in [0.1, 0.15) is 0 Å². The number of aliphatic hydroxyl groups excluding tert-OH is 2. The van der Waals surface area contributed by atoms with Gasteiger partial charge >= 0.3 is 5.97 Å². The third-order valence-corrected chi connectivity index (χ3v) is 4.87. The van der Waals surface area contributed by atoms with Gasteiger partial charge in [-0.25, -0.2) is 0 Å². The molecular weight excluding hydrogens is 282 g/mol. The minimum atomic E-state index is -1.03. The summed E-state index contributed by atoms with van der Waals surface area (Å²) in [5.74, 6) is 0.494. The maximum absolute atomic E-state index is 10.5. The summed E-state index contributed by atoms with van der Waals surface area (Å²) < 4.78 is 0. The summed E-state index contributed by atoms with van der Waals surface area (Å²) in [6.45, 7) is 3.21. The second-order valence-corrected chi connectivity index (χ2v) is 6.59. The molecule has 5 nitrogen and oxygen atoms in total. The Morgan fingerprint density at radius 2 is 2.18 bits per heavy atom. The predicted octanol–water partition coefficient (Wildman–Crippen LogP) is 1.67. The normalized spacial score (nSPS) is 30.0. The molecule has 2 rings (SSSR count). The molecule has 0 saturated heterocycles. The van der Waals surface area contributed by atoms with Gasteiger partial charge in [0.15, 0.2) is 0 Å². The van der Waals surface area contributed by atoms with E-state index in [0.29, 0.717) is 24.2 Å². The van der Waals surface area contributed by atoms with Crippen molar-refractivity contribution < 1.29 is 20.1 Å². The molecule has 5 heteroatoms. The molecule has 2 aliphatic rings. The van der Waals surface area contributed by atoms with Crippen LogP contribution in [0.15, 0.2) is 23.9 Å². The van der Waals surface area contributed by atoms with Gasteiger partial charge in [-0.05, 0) is 55.2 Å². The highest BCUT2D eigenvalue weighted by Crippen LogP contribution is 2.39. The van der Waals surface area contributed by atoms with Gasteiger partial charge in [0.2, 0.25) is 0 Å². The monoisotopic (exact) mass is 309 g/mol. The van der Waals surface area contributed by atoms with E-state index >= 15 is 0 Å². The minimum absolute atomic E-state index is 0.137. The van der Waals surface area contributed by atoms with E-state index in [4.69, 9.17) is 5.11 Å². The first-order valence-corrected chi connectivity index (χ1v) is 8.17. The molecule has 0 bridgehead atoms. The van der Waals surface area contributed by atoms with Crippen LogP contribution in [0.5, 0.6) is 0 Å². The van der Waals surface area contributed by atoms with Crippen molar-refractivity contribution in [1.82, 2.24) is 5.32 Å². The molecule has 1 heterocycles. The van der Waals surface area contributed by atoms with Crippen molar-refractivity contribution >= 4 is 5.97 Å². The molecule has 4 N–H and O–H groups in total.